The Bertz CT molecular complexity index is 326. The van der Waals surface area contributed by atoms with Crippen LogP contribution in [0.3, 0.4) is 0 Å². The fraction of sp³-hybridized carbons (Fsp3) is 0.636. The monoisotopic (exact) mass is 259 g/mol. The van der Waals surface area contributed by atoms with Crippen LogP contribution < -0.4 is 0 Å². The first kappa shape index (κ1) is 13.5. The Balaban J connectivity index is 2.23. The number of aromatic nitrogens is 1. The van der Waals surface area contributed by atoms with Crippen LogP contribution in [0.1, 0.15) is 31.0 Å². The quantitative estimate of drug-likeness (QED) is 0.706. The summed E-state index contributed by atoms with van der Waals surface area (Å²) in [5.41, 5.74) is 1.07. The maximum absolute atomic E-state index is 11.1. The van der Waals surface area contributed by atoms with Gasteiger partial charge in [-0.1, -0.05) is 6.92 Å². The third kappa shape index (κ3) is 4.99. The van der Waals surface area contributed by atoms with Crippen LogP contribution in [-0.2, 0) is 21.7 Å². The zero-order chi connectivity index (χ0) is 11.8. The first-order chi connectivity index (χ1) is 7.76. The van der Waals surface area contributed by atoms with Gasteiger partial charge in [-0.15, -0.1) is 23.1 Å². The van der Waals surface area contributed by atoms with E-state index in [9.17, 15) is 4.79 Å². The lowest BCUT2D eigenvalue weighted by atomic mass is 10.3. The minimum absolute atomic E-state index is 0.142. The molecule has 1 aromatic rings. The molecule has 0 saturated carbocycles. The van der Waals surface area contributed by atoms with E-state index in [4.69, 9.17) is 4.74 Å². The van der Waals surface area contributed by atoms with E-state index in [-0.39, 0.29) is 5.97 Å². The first-order valence-corrected chi connectivity index (χ1v) is 7.46. The van der Waals surface area contributed by atoms with Gasteiger partial charge in [-0.25, -0.2) is 4.98 Å². The average molecular weight is 259 g/mol. The van der Waals surface area contributed by atoms with Crippen molar-refractivity contribution in [2.75, 3.05) is 12.4 Å². The van der Waals surface area contributed by atoms with E-state index in [1.807, 2.05) is 6.92 Å². The molecule has 0 unspecified atom stereocenters. The predicted molar refractivity (Wildman–Crippen MR) is 68.9 cm³/mol. The Morgan fingerprint density at radius 3 is 3.06 bits per heavy atom. The Kier molecular flexibility index (Phi) is 6.49. The van der Waals surface area contributed by atoms with Crippen molar-refractivity contribution in [2.45, 2.75) is 32.4 Å². The summed E-state index contributed by atoms with van der Waals surface area (Å²) in [6.45, 7) is 4.42. The number of nitrogens with zero attached hydrogens (tertiary/aromatic N) is 1. The lowest BCUT2D eigenvalue weighted by Crippen LogP contribution is -2.06. The molecule has 0 saturated heterocycles. The van der Waals surface area contributed by atoms with Crippen molar-refractivity contribution in [2.24, 2.45) is 0 Å². The smallest absolute Gasteiger partial charge is 0.315 e. The lowest BCUT2D eigenvalue weighted by Gasteiger charge is -1.99. The van der Waals surface area contributed by atoms with Gasteiger partial charge in [0.05, 0.1) is 23.1 Å². The fourth-order valence-corrected chi connectivity index (χ4v) is 2.90. The highest BCUT2D eigenvalue weighted by Crippen LogP contribution is 2.16. The molecule has 16 heavy (non-hydrogen) atoms. The zero-order valence-electron chi connectivity index (χ0n) is 9.69. The lowest BCUT2D eigenvalue weighted by molar-refractivity contribution is -0.139. The summed E-state index contributed by atoms with van der Waals surface area (Å²) in [7, 11) is 0. The van der Waals surface area contributed by atoms with Gasteiger partial charge in [0.25, 0.3) is 0 Å². The Morgan fingerprint density at radius 2 is 2.38 bits per heavy atom. The minimum Gasteiger partial charge on any atom is -0.465 e. The van der Waals surface area contributed by atoms with Crippen LogP contribution in [0.25, 0.3) is 0 Å². The molecule has 1 rings (SSSR count). The maximum Gasteiger partial charge on any atom is 0.315 e. The van der Waals surface area contributed by atoms with Crippen LogP contribution in [0.15, 0.2) is 5.38 Å². The molecule has 1 aromatic heterocycles. The summed E-state index contributed by atoms with van der Waals surface area (Å²) >= 11 is 3.26. The number of ether oxygens (including phenoxy) is 1. The van der Waals surface area contributed by atoms with Gasteiger partial charge in [-0.05, 0) is 19.8 Å². The molecule has 0 fully saturated rings. The molecule has 90 valence electrons. The largest absolute Gasteiger partial charge is 0.465 e. The molecule has 0 radical (unpaired) electrons. The molecule has 3 nitrogen and oxygen atoms in total. The van der Waals surface area contributed by atoms with Crippen LogP contribution in [0.2, 0.25) is 0 Å². The number of aryl methyl sites for hydroxylation is 1. The molecule has 0 aliphatic heterocycles. The van der Waals surface area contributed by atoms with Gasteiger partial charge >= 0.3 is 5.97 Å². The van der Waals surface area contributed by atoms with Crippen LogP contribution in [0, 0.1) is 0 Å². The predicted octanol–water partition coefficient (Wildman–Crippen LogP) is 2.89. The molecule has 0 aliphatic rings. The van der Waals surface area contributed by atoms with Gasteiger partial charge < -0.3 is 4.74 Å². The Morgan fingerprint density at radius 1 is 1.56 bits per heavy atom. The van der Waals surface area contributed by atoms with Gasteiger partial charge in [0.2, 0.25) is 0 Å². The first-order valence-electron chi connectivity index (χ1n) is 5.42. The SMILES string of the molecule is CCCc1nc(CSCC(=O)OCC)cs1. The van der Waals surface area contributed by atoms with Gasteiger partial charge in [-0.2, -0.15) is 0 Å². The molecule has 0 atom stereocenters. The Hall–Kier alpha value is -0.550. The highest BCUT2D eigenvalue weighted by Gasteiger charge is 2.04. The van der Waals surface area contributed by atoms with E-state index in [0.717, 1.165) is 24.3 Å². The van der Waals surface area contributed by atoms with Crippen molar-refractivity contribution >= 4 is 29.1 Å². The third-order valence-corrected chi connectivity index (χ3v) is 3.74. The van der Waals surface area contributed by atoms with Gasteiger partial charge in [0.1, 0.15) is 0 Å². The van der Waals surface area contributed by atoms with Gasteiger partial charge in [-0.3, -0.25) is 4.79 Å². The molecule has 5 heteroatoms. The van der Waals surface area contributed by atoms with Crippen molar-refractivity contribution < 1.29 is 9.53 Å². The number of esters is 1. The molecule has 1 heterocycles. The van der Waals surface area contributed by atoms with E-state index in [2.05, 4.69) is 17.3 Å². The van der Waals surface area contributed by atoms with E-state index in [0.29, 0.717) is 12.4 Å². The standard InChI is InChI=1S/C11H17NO2S2/c1-3-5-10-12-9(7-16-10)6-15-8-11(13)14-4-2/h7H,3-6,8H2,1-2H3. The second-order valence-electron chi connectivity index (χ2n) is 3.28. The van der Waals surface area contributed by atoms with Crippen molar-refractivity contribution in [1.29, 1.82) is 0 Å². The molecular weight excluding hydrogens is 242 g/mol. The topological polar surface area (TPSA) is 39.2 Å². The van der Waals surface area contributed by atoms with E-state index in [1.54, 1.807) is 23.1 Å². The number of hydrogen-bond acceptors (Lipinski definition) is 5. The molecule has 0 bridgehead atoms. The van der Waals surface area contributed by atoms with E-state index in [1.165, 1.54) is 5.01 Å². The average Bonchev–Trinajstić information content (AvgIpc) is 2.67. The van der Waals surface area contributed by atoms with Gasteiger partial charge in [0.15, 0.2) is 0 Å². The summed E-state index contributed by atoms with van der Waals surface area (Å²) in [5.74, 6) is 1.06. The second kappa shape index (κ2) is 7.68. The molecule has 0 aliphatic carbocycles. The minimum atomic E-state index is -0.142. The number of carbonyl (C=O) groups excluding carboxylic acids is 1. The summed E-state index contributed by atoms with van der Waals surface area (Å²) < 4.78 is 4.85. The van der Waals surface area contributed by atoms with Crippen molar-refractivity contribution in [1.82, 2.24) is 4.98 Å². The Labute approximate surface area is 105 Å². The normalized spacial score (nSPS) is 10.4. The highest BCUT2D eigenvalue weighted by molar-refractivity contribution is 7.99. The molecular formula is C11H17NO2S2. The van der Waals surface area contributed by atoms with Gasteiger partial charge in [0, 0.05) is 11.1 Å². The van der Waals surface area contributed by atoms with Crippen LogP contribution in [-0.4, -0.2) is 23.3 Å². The summed E-state index contributed by atoms with van der Waals surface area (Å²) in [6, 6.07) is 0. The third-order valence-electron chi connectivity index (χ3n) is 1.84. The zero-order valence-corrected chi connectivity index (χ0v) is 11.3. The highest BCUT2D eigenvalue weighted by atomic mass is 32.2. The number of thiazole rings is 1. The van der Waals surface area contributed by atoms with Crippen molar-refractivity contribution in [3.05, 3.63) is 16.1 Å². The van der Waals surface area contributed by atoms with Crippen LogP contribution >= 0.6 is 23.1 Å². The second-order valence-corrected chi connectivity index (χ2v) is 5.21. The summed E-state index contributed by atoms with van der Waals surface area (Å²) in [5, 5.41) is 3.26. The van der Waals surface area contributed by atoms with E-state index < -0.39 is 0 Å². The molecule has 0 amide bonds. The van der Waals surface area contributed by atoms with Crippen LogP contribution in [0.5, 0.6) is 0 Å². The number of hydrogen-bond donors (Lipinski definition) is 0. The number of carbonyl (C=O) groups is 1. The molecule has 0 N–H and O–H groups in total. The molecule has 0 aromatic carbocycles. The number of rotatable bonds is 7. The maximum atomic E-state index is 11.1. The number of thioether (sulfide) groups is 1. The summed E-state index contributed by atoms with van der Waals surface area (Å²) in [6.07, 6.45) is 2.18. The van der Waals surface area contributed by atoms with Crippen molar-refractivity contribution in [3.63, 3.8) is 0 Å². The fourth-order valence-electron chi connectivity index (χ4n) is 1.19. The van der Waals surface area contributed by atoms with E-state index >= 15 is 0 Å². The van der Waals surface area contributed by atoms with Crippen molar-refractivity contribution in [3.8, 4) is 0 Å². The molecule has 0 spiro atoms. The summed E-state index contributed by atoms with van der Waals surface area (Å²) in [4.78, 5) is 15.6. The van der Waals surface area contributed by atoms with Crippen LogP contribution in [0.4, 0.5) is 0 Å².